The molecule has 0 aliphatic heterocycles. The zero-order chi connectivity index (χ0) is 30.2. The van der Waals surface area contributed by atoms with E-state index in [0.29, 0.717) is 0 Å². The van der Waals surface area contributed by atoms with Gasteiger partial charge in [-0.2, -0.15) is 0 Å². The molecule has 0 saturated carbocycles. The fourth-order valence-electron chi connectivity index (χ4n) is 8.18. The first kappa shape index (κ1) is 26.9. The maximum Gasteiger partial charge on any atom is 0.0443 e. The van der Waals surface area contributed by atoms with Crippen molar-refractivity contribution in [3.63, 3.8) is 0 Å². The first-order valence-corrected chi connectivity index (χ1v) is 16.5. The van der Waals surface area contributed by atoms with Crippen LogP contribution in [0.1, 0.15) is 87.4 Å². The second kappa shape index (κ2) is 8.48. The van der Waals surface area contributed by atoms with Gasteiger partial charge in [0, 0.05) is 36.6 Å². The number of aryl methyl sites for hydroxylation is 2. The predicted molar refractivity (Wildman–Crippen MR) is 188 cm³/mol. The summed E-state index contributed by atoms with van der Waals surface area (Å²) in [5.74, 6) is 0. The standard InChI is InChI=1S/C42H40S/c1-23-10-17-28-31(20-23)41(6,7)37-34(28)35-30-22-26(25-12-15-27(16-13-25)40(3,4)5)14-19-33(30)43-39(35)36-29-18-11-24(2)21-32(29)42(8,9)38(36)37/h10-22H,1-9H3. The summed E-state index contributed by atoms with van der Waals surface area (Å²) >= 11 is 1.99. The van der Waals surface area contributed by atoms with Gasteiger partial charge in [-0.05, 0) is 87.0 Å². The van der Waals surface area contributed by atoms with E-state index in [1.54, 1.807) is 5.56 Å². The molecule has 0 N–H and O–H groups in total. The number of benzene rings is 5. The third kappa shape index (κ3) is 3.55. The van der Waals surface area contributed by atoms with Crippen LogP contribution in [0.25, 0.3) is 53.6 Å². The smallest absolute Gasteiger partial charge is 0.0443 e. The van der Waals surface area contributed by atoms with Crippen LogP contribution < -0.4 is 0 Å². The Balaban J connectivity index is 1.51. The van der Waals surface area contributed by atoms with E-state index in [-0.39, 0.29) is 16.2 Å². The monoisotopic (exact) mass is 576 g/mol. The Morgan fingerprint density at radius 3 is 1.70 bits per heavy atom. The molecule has 0 bridgehead atoms. The third-order valence-corrected chi connectivity index (χ3v) is 11.7. The van der Waals surface area contributed by atoms with Crippen molar-refractivity contribution in [1.29, 1.82) is 0 Å². The first-order chi connectivity index (χ1) is 20.3. The van der Waals surface area contributed by atoms with Gasteiger partial charge >= 0.3 is 0 Å². The van der Waals surface area contributed by atoms with Crippen LogP contribution in [0.15, 0.2) is 78.9 Å². The Morgan fingerprint density at radius 1 is 0.581 bits per heavy atom. The van der Waals surface area contributed by atoms with Crippen LogP contribution in [-0.4, -0.2) is 0 Å². The highest BCUT2D eigenvalue weighted by molar-refractivity contribution is 7.26. The van der Waals surface area contributed by atoms with Crippen molar-refractivity contribution < 1.29 is 0 Å². The zero-order valence-electron chi connectivity index (χ0n) is 26.9. The molecule has 1 heterocycles. The van der Waals surface area contributed by atoms with Gasteiger partial charge in [-0.25, -0.2) is 0 Å². The van der Waals surface area contributed by atoms with Crippen LogP contribution in [0.3, 0.4) is 0 Å². The molecule has 0 spiro atoms. The summed E-state index contributed by atoms with van der Waals surface area (Å²) < 4.78 is 2.82. The van der Waals surface area contributed by atoms with Crippen molar-refractivity contribution in [3.8, 4) is 33.4 Å². The lowest BCUT2D eigenvalue weighted by Crippen LogP contribution is -2.24. The SMILES string of the molecule is Cc1ccc2c(c1)C(C)(C)c1c3c(c4c(sc5ccc(-c6ccc(C(C)(C)C)cc6)cc54)c1-2)-c1ccc(C)cc1C3(C)C. The van der Waals surface area contributed by atoms with Gasteiger partial charge in [0.25, 0.3) is 0 Å². The van der Waals surface area contributed by atoms with Gasteiger partial charge in [0.2, 0.25) is 0 Å². The highest BCUT2D eigenvalue weighted by atomic mass is 32.1. The van der Waals surface area contributed by atoms with Gasteiger partial charge in [0.1, 0.15) is 0 Å². The second-order valence-electron chi connectivity index (χ2n) is 15.2. The fourth-order valence-corrected chi connectivity index (χ4v) is 9.44. The van der Waals surface area contributed by atoms with E-state index in [2.05, 4.69) is 141 Å². The Kier molecular flexibility index (Phi) is 5.31. The van der Waals surface area contributed by atoms with Crippen molar-refractivity contribution in [3.05, 3.63) is 118 Å². The minimum Gasteiger partial charge on any atom is -0.134 e. The van der Waals surface area contributed by atoms with E-state index < -0.39 is 0 Å². The highest BCUT2D eigenvalue weighted by Crippen LogP contribution is 2.64. The molecule has 8 rings (SSSR count). The van der Waals surface area contributed by atoms with Crippen LogP contribution in [0.5, 0.6) is 0 Å². The van der Waals surface area contributed by atoms with E-state index >= 15 is 0 Å². The molecular formula is C42H40S. The van der Waals surface area contributed by atoms with Crippen LogP contribution in [0.2, 0.25) is 0 Å². The molecule has 0 saturated heterocycles. The topological polar surface area (TPSA) is 0 Å². The number of thiophene rings is 1. The summed E-state index contributed by atoms with van der Waals surface area (Å²) in [7, 11) is 0. The van der Waals surface area contributed by atoms with Crippen LogP contribution >= 0.6 is 11.3 Å². The molecule has 2 aliphatic rings. The lowest BCUT2D eigenvalue weighted by Gasteiger charge is -2.31. The van der Waals surface area contributed by atoms with Gasteiger partial charge in [0.15, 0.2) is 0 Å². The molecule has 1 heteroatoms. The van der Waals surface area contributed by atoms with Gasteiger partial charge in [-0.15, -0.1) is 11.3 Å². The van der Waals surface area contributed by atoms with Gasteiger partial charge in [-0.3, -0.25) is 0 Å². The summed E-state index contributed by atoms with van der Waals surface area (Å²) in [6.45, 7) is 21.2. The Morgan fingerprint density at radius 2 is 1.12 bits per heavy atom. The maximum absolute atomic E-state index is 2.47. The molecule has 214 valence electrons. The van der Waals surface area contributed by atoms with Crippen LogP contribution in [-0.2, 0) is 16.2 Å². The molecule has 43 heavy (non-hydrogen) atoms. The van der Waals surface area contributed by atoms with Gasteiger partial charge in [0.05, 0.1) is 0 Å². The Hall–Kier alpha value is -3.68. The van der Waals surface area contributed by atoms with E-state index in [9.17, 15) is 0 Å². The molecule has 0 nitrogen and oxygen atoms in total. The molecule has 2 aliphatic carbocycles. The molecule has 0 radical (unpaired) electrons. The van der Waals surface area contributed by atoms with Crippen LogP contribution in [0.4, 0.5) is 0 Å². The lowest BCUT2D eigenvalue weighted by atomic mass is 9.72. The number of hydrogen-bond acceptors (Lipinski definition) is 1. The van der Waals surface area contributed by atoms with Crippen LogP contribution in [0, 0.1) is 13.8 Å². The molecule has 6 aromatic rings. The van der Waals surface area contributed by atoms with Crippen molar-refractivity contribution >= 4 is 31.5 Å². The van der Waals surface area contributed by atoms with Crippen molar-refractivity contribution in [1.82, 2.24) is 0 Å². The molecule has 0 fully saturated rings. The summed E-state index contributed by atoms with van der Waals surface area (Å²) in [6, 6.07) is 30.7. The minimum absolute atomic E-state index is 0.0700. The maximum atomic E-state index is 2.47. The first-order valence-electron chi connectivity index (χ1n) is 15.7. The van der Waals surface area contributed by atoms with E-state index in [1.807, 2.05) is 11.3 Å². The third-order valence-electron chi connectivity index (χ3n) is 10.5. The molecular weight excluding hydrogens is 537 g/mol. The largest absolute Gasteiger partial charge is 0.134 e. The molecule has 0 unspecified atom stereocenters. The zero-order valence-corrected chi connectivity index (χ0v) is 27.7. The summed E-state index contributed by atoms with van der Waals surface area (Å²) in [6.07, 6.45) is 0. The Bertz CT molecular complexity index is 2160. The highest BCUT2D eigenvalue weighted by Gasteiger charge is 2.48. The van der Waals surface area contributed by atoms with E-state index in [4.69, 9.17) is 0 Å². The number of fused-ring (bicyclic) bond motifs is 12. The van der Waals surface area contributed by atoms with Crippen molar-refractivity contribution in [2.75, 3.05) is 0 Å². The second-order valence-corrected chi connectivity index (χ2v) is 16.2. The molecule has 5 aromatic carbocycles. The Labute approximate surface area is 260 Å². The lowest BCUT2D eigenvalue weighted by molar-refractivity contribution is 0.590. The minimum atomic E-state index is -0.0853. The number of hydrogen-bond donors (Lipinski definition) is 0. The van der Waals surface area contributed by atoms with Gasteiger partial charge in [-0.1, -0.05) is 126 Å². The normalized spacial score (nSPS) is 15.9. The van der Waals surface area contributed by atoms with Crippen molar-refractivity contribution in [2.24, 2.45) is 0 Å². The average molecular weight is 577 g/mol. The summed E-state index contributed by atoms with van der Waals surface area (Å²) in [4.78, 5) is 0. The van der Waals surface area contributed by atoms with E-state index in [1.165, 1.54) is 86.9 Å². The van der Waals surface area contributed by atoms with E-state index in [0.717, 1.165) is 0 Å². The fraction of sp³-hybridized carbons (Fsp3) is 0.286. The average Bonchev–Trinajstić information content (AvgIpc) is 3.52. The predicted octanol–water partition coefficient (Wildman–Crippen LogP) is 12.2. The molecule has 1 aromatic heterocycles. The number of rotatable bonds is 1. The molecule has 0 atom stereocenters. The quantitative estimate of drug-likeness (QED) is 0.183. The van der Waals surface area contributed by atoms with Crippen molar-refractivity contribution in [2.45, 2.75) is 78.6 Å². The summed E-state index contributed by atoms with van der Waals surface area (Å²) in [5.41, 5.74) is 18.4. The van der Waals surface area contributed by atoms with Gasteiger partial charge < -0.3 is 0 Å². The summed E-state index contributed by atoms with van der Waals surface area (Å²) in [5, 5.41) is 2.83. The molecule has 0 amide bonds.